The highest BCUT2D eigenvalue weighted by Crippen LogP contribution is 2.22. The molecule has 5 nitrogen and oxygen atoms in total. The summed E-state index contributed by atoms with van der Waals surface area (Å²) in [5, 5.41) is 4.81. The molecule has 0 bridgehead atoms. The van der Waals surface area contributed by atoms with Crippen LogP contribution in [-0.4, -0.2) is 15.9 Å². The predicted molar refractivity (Wildman–Crippen MR) is 90.8 cm³/mol. The summed E-state index contributed by atoms with van der Waals surface area (Å²) < 4.78 is 41.2. The number of rotatable bonds is 4. The van der Waals surface area contributed by atoms with Gasteiger partial charge in [-0.2, -0.15) is 0 Å². The molecule has 2 N–H and O–H groups in total. The van der Waals surface area contributed by atoms with Gasteiger partial charge in [0.2, 0.25) is 5.95 Å². The molecule has 3 aromatic rings. The fourth-order valence-electron chi connectivity index (χ4n) is 2.22. The van der Waals surface area contributed by atoms with Crippen molar-refractivity contribution in [3.63, 3.8) is 0 Å². The zero-order chi connectivity index (χ0) is 18.7. The Hall–Kier alpha value is -3.42. The van der Waals surface area contributed by atoms with E-state index in [1.807, 2.05) is 0 Å². The first-order chi connectivity index (χ1) is 12.4. The second kappa shape index (κ2) is 7.22. The summed E-state index contributed by atoms with van der Waals surface area (Å²) in [6.45, 7) is 1.59. The van der Waals surface area contributed by atoms with E-state index in [-0.39, 0.29) is 17.3 Å². The van der Waals surface area contributed by atoms with Crippen molar-refractivity contribution in [3.05, 3.63) is 77.4 Å². The number of nitrogens with zero attached hydrogens (tertiary/aromatic N) is 2. The molecule has 1 aromatic heterocycles. The molecule has 26 heavy (non-hydrogen) atoms. The Morgan fingerprint density at radius 1 is 0.923 bits per heavy atom. The molecule has 1 amide bonds. The zero-order valence-corrected chi connectivity index (χ0v) is 13.6. The Balaban J connectivity index is 1.88. The third-order valence-corrected chi connectivity index (χ3v) is 3.41. The standard InChI is InChI=1S/C18H13F3N4O/c1-10-9-15(17(26)23-14-8-3-2-5-11(14)19)24-18(22-10)25-16-12(20)6-4-7-13(16)21/h2-9H,1H3,(H,23,26)(H,22,24,25). The lowest BCUT2D eigenvalue weighted by Gasteiger charge is -2.10. The first-order valence-electron chi connectivity index (χ1n) is 7.56. The fourth-order valence-corrected chi connectivity index (χ4v) is 2.22. The largest absolute Gasteiger partial charge is 0.319 e. The van der Waals surface area contributed by atoms with Crippen LogP contribution >= 0.6 is 0 Å². The molecule has 0 atom stereocenters. The first kappa shape index (κ1) is 17.4. The van der Waals surface area contributed by atoms with Gasteiger partial charge in [-0.05, 0) is 37.3 Å². The molecule has 3 rings (SSSR count). The summed E-state index contributed by atoms with van der Waals surface area (Å²) in [7, 11) is 0. The molecular formula is C18H13F3N4O. The van der Waals surface area contributed by atoms with Gasteiger partial charge in [0.15, 0.2) is 0 Å². The summed E-state index contributed by atoms with van der Waals surface area (Å²) in [5.74, 6) is -3.09. The van der Waals surface area contributed by atoms with E-state index >= 15 is 0 Å². The minimum Gasteiger partial charge on any atom is -0.319 e. The number of carbonyl (C=O) groups excluding carboxylic acids is 1. The van der Waals surface area contributed by atoms with Crippen molar-refractivity contribution in [1.29, 1.82) is 0 Å². The summed E-state index contributed by atoms with van der Waals surface area (Å²) in [6.07, 6.45) is 0. The SMILES string of the molecule is Cc1cc(C(=O)Nc2ccccc2F)nc(Nc2c(F)cccc2F)n1. The summed E-state index contributed by atoms with van der Waals surface area (Å²) in [6, 6.07) is 10.4. The Morgan fingerprint density at radius 2 is 1.58 bits per heavy atom. The number of para-hydroxylation sites is 2. The number of halogens is 3. The van der Waals surface area contributed by atoms with Gasteiger partial charge in [-0.25, -0.2) is 23.1 Å². The van der Waals surface area contributed by atoms with Gasteiger partial charge < -0.3 is 10.6 Å². The van der Waals surface area contributed by atoms with Crippen molar-refractivity contribution in [3.8, 4) is 0 Å². The van der Waals surface area contributed by atoms with E-state index < -0.39 is 29.0 Å². The quantitative estimate of drug-likeness (QED) is 0.734. The van der Waals surface area contributed by atoms with Crippen molar-refractivity contribution in [2.75, 3.05) is 10.6 Å². The van der Waals surface area contributed by atoms with Crippen LogP contribution in [0.5, 0.6) is 0 Å². The maximum atomic E-state index is 13.7. The summed E-state index contributed by atoms with van der Waals surface area (Å²) >= 11 is 0. The maximum absolute atomic E-state index is 13.7. The molecule has 0 saturated carbocycles. The number of benzene rings is 2. The second-order valence-electron chi connectivity index (χ2n) is 5.37. The van der Waals surface area contributed by atoms with Crippen LogP contribution < -0.4 is 10.6 Å². The first-order valence-corrected chi connectivity index (χ1v) is 7.56. The smallest absolute Gasteiger partial charge is 0.274 e. The molecular weight excluding hydrogens is 345 g/mol. The molecule has 0 unspecified atom stereocenters. The van der Waals surface area contributed by atoms with Crippen molar-refractivity contribution in [1.82, 2.24) is 9.97 Å². The molecule has 0 aliphatic heterocycles. The summed E-state index contributed by atoms with van der Waals surface area (Å²) in [4.78, 5) is 20.3. The number of aryl methyl sites for hydroxylation is 1. The minimum atomic E-state index is -0.826. The van der Waals surface area contributed by atoms with E-state index in [0.717, 1.165) is 12.1 Å². The molecule has 2 aromatic carbocycles. The van der Waals surface area contributed by atoms with Crippen LogP contribution in [0.25, 0.3) is 0 Å². The minimum absolute atomic E-state index is 0.0107. The zero-order valence-electron chi connectivity index (χ0n) is 13.6. The maximum Gasteiger partial charge on any atom is 0.274 e. The van der Waals surface area contributed by atoms with E-state index in [4.69, 9.17) is 0 Å². The Labute approximate surface area is 146 Å². The number of hydrogen-bond donors (Lipinski definition) is 2. The Morgan fingerprint density at radius 3 is 2.27 bits per heavy atom. The Kier molecular flexibility index (Phi) is 4.83. The van der Waals surface area contributed by atoms with Crippen LogP contribution in [0.3, 0.4) is 0 Å². The van der Waals surface area contributed by atoms with Crippen LogP contribution in [0.1, 0.15) is 16.2 Å². The molecule has 0 aliphatic carbocycles. The highest BCUT2D eigenvalue weighted by atomic mass is 19.1. The van der Waals surface area contributed by atoms with Crippen LogP contribution in [0, 0.1) is 24.4 Å². The van der Waals surface area contributed by atoms with E-state index in [9.17, 15) is 18.0 Å². The van der Waals surface area contributed by atoms with Gasteiger partial charge >= 0.3 is 0 Å². The number of aromatic nitrogens is 2. The van der Waals surface area contributed by atoms with Gasteiger partial charge in [0.25, 0.3) is 5.91 Å². The summed E-state index contributed by atoms with van der Waals surface area (Å²) in [5.41, 5.74) is -0.139. The number of amides is 1. The fraction of sp³-hybridized carbons (Fsp3) is 0.0556. The molecule has 8 heteroatoms. The van der Waals surface area contributed by atoms with Crippen molar-refractivity contribution < 1.29 is 18.0 Å². The molecule has 1 heterocycles. The van der Waals surface area contributed by atoms with Crippen LogP contribution in [0.2, 0.25) is 0 Å². The van der Waals surface area contributed by atoms with Gasteiger partial charge in [0, 0.05) is 5.69 Å². The topological polar surface area (TPSA) is 66.9 Å². The van der Waals surface area contributed by atoms with Gasteiger partial charge in [0.05, 0.1) is 5.69 Å². The Bertz CT molecular complexity index is 958. The number of carbonyl (C=O) groups is 1. The van der Waals surface area contributed by atoms with E-state index in [0.29, 0.717) is 5.69 Å². The van der Waals surface area contributed by atoms with E-state index in [1.165, 1.54) is 30.3 Å². The lowest BCUT2D eigenvalue weighted by molar-refractivity contribution is 0.102. The highest BCUT2D eigenvalue weighted by Gasteiger charge is 2.15. The number of hydrogen-bond acceptors (Lipinski definition) is 4. The van der Waals surface area contributed by atoms with Crippen molar-refractivity contribution in [2.24, 2.45) is 0 Å². The van der Waals surface area contributed by atoms with Gasteiger partial charge in [-0.15, -0.1) is 0 Å². The molecule has 0 aliphatic rings. The average Bonchev–Trinajstić information content (AvgIpc) is 2.60. The third-order valence-electron chi connectivity index (χ3n) is 3.41. The van der Waals surface area contributed by atoms with Gasteiger partial charge in [-0.1, -0.05) is 18.2 Å². The lowest BCUT2D eigenvalue weighted by atomic mass is 10.2. The van der Waals surface area contributed by atoms with Crippen LogP contribution in [0.4, 0.5) is 30.5 Å². The average molecular weight is 358 g/mol. The van der Waals surface area contributed by atoms with E-state index in [2.05, 4.69) is 20.6 Å². The normalized spacial score (nSPS) is 10.5. The predicted octanol–water partition coefficient (Wildman–Crippen LogP) is 4.20. The highest BCUT2D eigenvalue weighted by molar-refractivity contribution is 6.03. The molecule has 0 saturated heterocycles. The lowest BCUT2D eigenvalue weighted by Crippen LogP contribution is -2.16. The van der Waals surface area contributed by atoms with Gasteiger partial charge in [-0.3, -0.25) is 4.79 Å². The molecule has 0 radical (unpaired) electrons. The molecule has 0 fully saturated rings. The number of nitrogens with one attached hydrogen (secondary N) is 2. The van der Waals surface area contributed by atoms with E-state index in [1.54, 1.807) is 13.0 Å². The molecule has 0 spiro atoms. The van der Waals surface area contributed by atoms with Crippen LogP contribution in [0.15, 0.2) is 48.5 Å². The molecule has 132 valence electrons. The monoisotopic (exact) mass is 358 g/mol. The second-order valence-corrected chi connectivity index (χ2v) is 5.37. The number of anilines is 3. The van der Waals surface area contributed by atoms with Crippen molar-refractivity contribution in [2.45, 2.75) is 6.92 Å². The third kappa shape index (κ3) is 3.80. The van der Waals surface area contributed by atoms with Crippen LogP contribution in [-0.2, 0) is 0 Å². The van der Waals surface area contributed by atoms with Crippen molar-refractivity contribution >= 4 is 23.2 Å². The van der Waals surface area contributed by atoms with Gasteiger partial charge in [0.1, 0.15) is 28.8 Å².